The summed E-state index contributed by atoms with van der Waals surface area (Å²) in [5.74, 6) is 0.168. The van der Waals surface area contributed by atoms with Crippen molar-refractivity contribution in [1.82, 2.24) is 9.78 Å². The molecule has 3 rings (SSSR count). The summed E-state index contributed by atoms with van der Waals surface area (Å²) < 4.78 is 7.65. The van der Waals surface area contributed by atoms with Gasteiger partial charge in [-0.15, -0.1) is 0 Å². The third kappa shape index (κ3) is 2.59. The molecule has 1 atom stereocenters. The van der Waals surface area contributed by atoms with Crippen molar-refractivity contribution >= 4 is 5.78 Å². The SMILES string of the molecule is CC1(C(=O)Cc2ccn(C3CCCC3)n2)CCCO1. The molecule has 0 aromatic carbocycles. The molecule has 1 saturated heterocycles. The van der Waals surface area contributed by atoms with E-state index in [1.165, 1.54) is 25.7 Å². The minimum Gasteiger partial charge on any atom is -0.367 e. The van der Waals surface area contributed by atoms with Crippen LogP contribution in [0, 0.1) is 0 Å². The molecule has 1 aliphatic heterocycles. The van der Waals surface area contributed by atoms with Crippen LogP contribution in [0.3, 0.4) is 0 Å². The zero-order chi connectivity index (χ0) is 13.3. The predicted molar refractivity (Wildman–Crippen MR) is 72.0 cm³/mol. The molecule has 4 heteroatoms. The van der Waals surface area contributed by atoms with Gasteiger partial charge >= 0.3 is 0 Å². The second-order valence-corrected chi connectivity index (χ2v) is 6.01. The van der Waals surface area contributed by atoms with E-state index in [0.717, 1.165) is 18.5 Å². The number of ether oxygens (including phenoxy) is 1. The summed E-state index contributed by atoms with van der Waals surface area (Å²) in [5.41, 5.74) is 0.311. The summed E-state index contributed by atoms with van der Waals surface area (Å²) in [6.07, 6.45) is 9.28. The Balaban J connectivity index is 1.65. The molecule has 2 aliphatic rings. The van der Waals surface area contributed by atoms with Crippen LogP contribution in [0.25, 0.3) is 0 Å². The van der Waals surface area contributed by atoms with E-state index in [4.69, 9.17) is 4.74 Å². The van der Waals surface area contributed by atoms with Crippen LogP contribution >= 0.6 is 0 Å². The Hall–Kier alpha value is -1.16. The standard InChI is InChI=1S/C15H22N2O2/c1-15(8-4-10-19-15)14(18)11-12-7-9-17(16-12)13-5-2-3-6-13/h7,9,13H,2-6,8,10-11H2,1H3. The molecule has 4 nitrogen and oxygen atoms in total. The van der Waals surface area contributed by atoms with Gasteiger partial charge in [0.2, 0.25) is 0 Å². The molecular weight excluding hydrogens is 240 g/mol. The monoisotopic (exact) mass is 262 g/mol. The zero-order valence-corrected chi connectivity index (χ0v) is 11.6. The summed E-state index contributed by atoms with van der Waals surface area (Å²) in [5, 5.41) is 4.58. The van der Waals surface area contributed by atoms with E-state index in [1.807, 2.05) is 23.9 Å². The van der Waals surface area contributed by atoms with Crippen LogP contribution in [-0.4, -0.2) is 27.8 Å². The molecule has 2 heterocycles. The van der Waals surface area contributed by atoms with Crippen LogP contribution in [0.15, 0.2) is 12.3 Å². The van der Waals surface area contributed by atoms with Gasteiger partial charge in [0.1, 0.15) is 5.60 Å². The Morgan fingerprint density at radius 1 is 1.47 bits per heavy atom. The van der Waals surface area contributed by atoms with Gasteiger partial charge in [-0.05, 0) is 38.7 Å². The first-order valence-corrected chi connectivity index (χ1v) is 7.39. The summed E-state index contributed by atoms with van der Waals surface area (Å²) in [6.45, 7) is 2.62. The van der Waals surface area contributed by atoms with Gasteiger partial charge in [0, 0.05) is 12.8 Å². The molecule has 104 valence electrons. The lowest BCUT2D eigenvalue weighted by Gasteiger charge is -2.20. The summed E-state index contributed by atoms with van der Waals surface area (Å²) in [6, 6.07) is 2.52. The number of hydrogen-bond donors (Lipinski definition) is 0. The average molecular weight is 262 g/mol. The fraction of sp³-hybridized carbons (Fsp3) is 0.733. The Bertz CT molecular complexity index is 454. The molecule has 1 saturated carbocycles. The maximum atomic E-state index is 12.3. The van der Waals surface area contributed by atoms with Crippen LogP contribution in [-0.2, 0) is 16.0 Å². The number of carbonyl (C=O) groups excluding carboxylic acids is 1. The van der Waals surface area contributed by atoms with E-state index in [-0.39, 0.29) is 5.78 Å². The van der Waals surface area contributed by atoms with Crippen molar-refractivity contribution in [1.29, 1.82) is 0 Å². The molecule has 1 aliphatic carbocycles. The number of carbonyl (C=O) groups is 1. The highest BCUT2D eigenvalue weighted by Gasteiger charge is 2.37. The number of aromatic nitrogens is 2. The molecule has 0 amide bonds. The number of nitrogens with zero attached hydrogens (tertiary/aromatic N) is 2. The van der Waals surface area contributed by atoms with Crippen molar-refractivity contribution in [2.75, 3.05) is 6.61 Å². The highest BCUT2D eigenvalue weighted by molar-refractivity contribution is 5.88. The van der Waals surface area contributed by atoms with E-state index >= 15 is 0 Å². The van der Waals surface area contributed by atoms with Crippen LogP contribution < -0.4 is 0 Å². The first-order chi connectivity index (χ1) is 9.17. The molecule has 19 heavy (non-hydrogen) atoms. The fourth-order valence-electron chi connectivity index (χ4n) is 3.19. The number of ketones is 1. The van der Waals surface area contributed by atoms with Crippen molar-refractivity contribution in [2.24, 2.45) is 0 Å². The first-order valence-electron chi connectivity index (χ1n) is 7.39. The average Bonchev–Trinajstić information content (AvgIpc) is 3.08. The zero-order valence-electron chi connectivity index (χ0n) is 11.6. The largest absolute Gasteiger partial charge is 0.367 e. The Labute approximate surface area is 114 Å². The lowest BCUT2D eigenvalue weighted by atomic mass is 9.94. The maximum Gasteiger partial charge on any atom is 0.170 e. The Morgan fingerprint density at radius 3 is 2.95 bits per heavy atom. The van der Waals surface area contributed by atoms with Crippen LogP contribution in [0.2, 0.25) is 0 Å². The molecule has 0 N–H and O–H groups in total. The minimum atomic E-state index is -0.572. The molecule has 0 spiro atoms. The van der Waals surface area contributed by atoms with Crippen molar-refractivity contribution in [2.45, 2.75) is 63.5 Å². The van der Waals surface area contributed by atoms with Gasteiger partial charge in [0.15, 0.2) is 5.78 Å². The number of Topliss-reactive ketones (excluding diaryl/α,β-unsaturated/α-hetero) is 1. The number of rotatable bonds is 4. The minimum absolute atomic E-state index is 0.168. The molecule has 2 fully saturated rings. The van der Waals surface area contributed by atoms with Crippen molar-refractivity contribution in [3.63, 3.8) is 0 Å². The van der Waals surface area contributed by atoms with Gasteiger partial charge in [-0.1, -0.05) is 12.8 Å². The van der Waals surface area contributed by atoms with Crippen molar-refractivity contribution < 1.29 is 9.53 Å². The molecule has 0 bridgehead atoms. The smallest absolute Gasteiger partial charge is 0.170 e. The third-order valence-corrected chi connectivity index (χ3v) is 4.51. The van der Waals surface area contributed by atoms with Crippen LogP contribution in [0.1, 0.15) is 57.2 Å². The quantitative estimate of drug-likeness (QED) is 0.838. The van der Waals surface area contributed by atoms with E-state index in [9.17, 15) is 4.79 Å². The number of hydrogen-bond acceptors (Lipinski definition) is 3. The van der Waals surface area contributed by atoms with Crippen molar-refractivity contribution in [3.05, 3.63) is 18.0 Å². The van der Waals surface area contributed by atoms with Crippen LogP contribution in [0.4, 0.5) is 0 Å². The normalized spacial score (nSPS) is 28.1. The van der Waals surface area contributed by atoms with E-state index in [0.29, 0.717) is 19.1 Å². The topological polar surface area (TPSA) is 44.1 Å². The Kier molecular flexibility index (Phi) is 3.44. The van der Waals surface area contributed by atoms with Gasteiger partial charge in [0.25, 0.3) is 0 Å². The third-order valence-electron chi connectivity index (χ3n) is 4.51. The highest BCUT2D eigenvalue weighted by atomic mass is 16.5. The van der Waals surface area contributed by atoms with Gasteiger partial charge in [0.05, 0.1) is 18.2 Å². The van der Waals surface area contributed by atoms with Gasteiger partial charge in [-0.25, -0.2) is 0 Å². The molecule has 1 aromatic heterocycles. The van der Waals surface area contributed by atoms with Gasteiger partial charge < -0.3 is 4.74 Å². The fourth-order valence-corrected chi connectivity index (χ4v) is 3.19. The molecular formula is C15H22N2O2. The van der Waals surface area contributed by atoms with Crippen LogP contribution in [0.5, 0.6) is 0 Å². The lowest BCUT2D eigenvalue weighted by molar-refractivity contribution is -0.136. The second-order valence-electron chi connectivity index (χ2n) is 6.01. The predicted octanol–water partition coefficient (Wildman–Crippen LogP) is 2.68. The van der Waals surface area contributed by atoms with Gasteiger partial charge in [-0.3, -0.25) is 9.48 Å². The Morgan fingerprint density at radius 2 is 2.26 bits per heavy atom. The van der Waals surface area contributed by atoms with Gasteiger partial charge in [-0.2, -0.15) is 5.10 Å². The van der Waals surface area contributed by atoms with E-state index in [2.05, 4.69) is 5.10 Å². The van der Waals surface area contributed by atoms with E-state index < -0.39 is 5.60 Å². The molecule has 0 radical (unpaired) electrons. The maximum absolute atomic E-state index is 12.3. The molecule has 1 aromatic rings. The summed E-state index contributed by atoms with van der Waals surface area (Å²) in [7, 11) is 0. The summed E-state index contributed by atoms with van der Waals surface area (Å²) >= 11 is 0. The van der Waals surface area contributed by atoms with Crippen molar-refractivity contribution in [3.8, 4) is 0 Å². The van der Waals surface area contributed by atoms with E-state index in [1.54, 1.807) is 0 Å². The second kappa shape index (κ2) is 5.08. The molecule has 1 unspecified atom stereocenters. The highest BCUT2D eigenvalue weighted by Crippen LogP contribution is 2.30. The summed E-state index contributed by atoms with van der Waals surface area (Å²) in [4.78, 5) is 12.3. The first kappa shape index (κ1) is 12.9. The lowest BCUT2D eigenvalue weighted by Crippen LogP contribution is -2.35.